The van der Waals surface area contributed by atoms with E-state index in [-0.39, 0.29) is 11.9 Å². The fourth-order valence-electron chi connectivity index (χ4n) is 1.73. The minimum atomic E-state index is -4.74. The molecule has 0 spiro atoms. The van der Waals surface area contributed by atoms with Crippen LogP contribution >= 0.6 is 0 Å². The van der Waals surface area contributed by atoms with Crippen molar-refractivity contribution in [2.24, 2.45) is 5.92 Å². The van der Waals surface area contributed by atoms with Gasteiger partial charge in [0.1, 0.15) is 5.76 Å². The van der Waals surface area contributed by atoms with Gasteiger partial charge in [0.25, 0.3) is 0 Å². The third kappa shape index (κ3) is 7.75. The molecule has 1 aliphatic rings. The Balaban J connectivity index is 0.00000211. The molecule has 0 radical (unpaired) electrons. The fourth-order valence-corrected chi connectivity index (χ4v) is 1.73. The van der Waals surface area contributed by atoms with Crippen molar-refractivity contribution in [1.82, 2.24) is 4.90 Å². The lowest BCUT2D eigenvalue weighted by molar-refractivity contribution is -0.303. The number of carbonyl (C=O) groups excluding carboxylic acids is 1. The molecule has 0 aromatic carbocycles. The Kier molecular flexibility index (Phi) is 8.37. The number of nitrogens with zero attached hydrogens (tertiary/aromatic N) is 1. The summed E-state index contributed by atoms with van der Waals surface area (Å²) in [6, 6.07) is 0. The first-order valence-electron chi connectivity index (χ1n) is 6.84. The van der Waals surface area contributed by atoms with Crippen LogP contribution in [0.3, 0.4) is 0 Å². The third-order valence-corrected chi connectivity index (χ3v) is 2.75. The van der Waals surface area contributed by atoms with E-state index in [4.69, 9.17) is 0 Å². The minimum Gasteiger partial charge on any atom is -0.469 e. The molecule has 0 unspecified atom stereocenters. The van der Waals surface area contributed by atoms with E-state index >= 15 is 0 Å². The number of alkyl halides is 3. The molecule has 4 nitrogen and oxygen atoms in total. The molecule has 0 bridgehead atoms. The molecule has 0 aromatic rings. The smallest absolute Gasteiger partial charge is 0.469 e. The third-order valence-electron chi connectivity index (χ3n) is 2.75. The van der Waals surface area contributed by atoms with Crippen molar-refractivity contribution in [1.29, 1.82) is 0 Å². The highest BCUT2D eigenvalue weighted by atomic mass is 19.4. The zero-order chi connectivity index (χ0) is 17.3. The molecule has 0 amide bonds. The monoisotopic (exact) mass is 321 g/mol. The Morgan fingerprint density at radius 2 is 1.82 bits per heavy atom. The first-order valence-corrected chi connectivity index (χ1v) is 6.84. The van der Waals surface area contributed by atoms with Crippen LogP contribution in [-0.2, 0) is 14.3 Å². The number of hydrogen-bond acceptors (Lipinski definition) is 4. The van der Waals surface area contributed by atoms with Gasteiger partial charge in [-0.15, -0.1) is 13.2 Å². The Morgan fingerprint density at radius 1 is 1.27 bits per heavy atom. The zero-order valence-corrected chi connectivity index (χ0v) is 13.1. The predicted octanol–water partition coefficient (Wildman–Crippen LogP) is 3.63. The van der Waals surface area contributed by atoms with Crippen molar-refractivity contribution in [3.05, 3.63) is 36.8 Å². The molecule has 0 N–H and O–H groups in total. The first-order chi connectivity index (χ1) is 10.2. The number of halogens is 3. The van der Waals surface area contributed by atoms with Crippen LogP contribution in [0.2, 0.25) is 0 Å². The van der Waals surface area contributed by atoms with E-state index in [9.17, 15) is 18.0 Å². The van der Waals surface area contributed by atoms with E-state index in [0.29, 0.717) is 25.2 Å². The molecule has 126 valence electrons. The Bertz CT molecular complexity index is 424. The largest absolute Gasteiger partial charge is 0.573 e. The van der Waals surface area contributed by atoms with Crippen molar-refractivity contribution in [3.63, 3.8) is 0 Å². The molecule has 1 saturated heterocycles. The number of allylic oxidation sites excluding steroid dienone is 2. The highest BCUT2D eigenvalue weighted by molar-refractivity contribution is 5.69. The molecular formula is C15H22F3NO3. The van der Waals surface area contributed by atoms with E-state index in [1.165, 1.54) is 13.2 Å². The summed E-state index contributed by atoms with van der Waals surface area (Å²) in [4.78, 5) is 12.9. The van der Waals surface area contributed by atoms with Crippen LogP contribution in [0.25, 0.3) is 0 Å². The topological polar surface area (TPSA) is 38.8 Å². The fraction of sp³-hybridized carbons (Fsp3) is 0.533. The summed E-state index contributed by atoms with van der Waals surface area (Å²) in [5, 5.41) is 0. The number of hydrogen-bond donors (Lipinski definition) is 0. The van der Waals surface area contributed by atoms with Crippen molar-refractivity contribution in [3.8, 4) is 0 Å². The maximum absolute atomic E-state index is 11.9. The number of likely N-dealkylation sites (tertiary alicyclic amines) is 1. The minimum absolute atomic E-state index is 0.183. The van der Waals surface area contributed by atoms with E-state index in [1.807, 2.05) is 18.7 Å². The summed E-state index contributed by atoms with van der Waals surface area (Å²) in [6.45, 7) is 12.1. The van der Waals surface area contributed by atoms with Crippen molar-refractivity contribution in [2.45, 2.75) is 26.6 Å². The van der Waals surface area contributed by atoms with Crippen LogP contribution in [0.4, 0.5) is 13.2 Å². The molecular weight excluding hydrogens is 299 g/mol. The maximum Gasteiger partial charge on any atom is 0.573 e. The van der Waals surface area contributed by atoms with Crippen LogP contribution in [0.1, 0.15) is 20.3 Å². The molecule has 0 aromatic heterocycles. The first kappa shape index (κ1) is 20.1. The maximum atomic E-state index is 11.9. The summed E-state index contributed by atoms with van der Waals surface area (Å²) in [5.41, 5.74) is 0.540. The van der Waals surface area contributed by atoms with Gasteiger partial charge in [0.2, 0.25) is 0 Å². The second-order valence-corrected chi connectivity index (χ2v) is 4.39. The van der Waals surface area contributed by atoms with Crippen LogP contribution in [0, 0.1) is 5.92 Å². The molecule has 1 aliphatic heterocycles. The predicted molar refractivity (Wildman–Crippen MR) is 77.6 cm³/mol. The lowest BCUT2D eigenvalue weighted by Gasteiger charge is -2.40. The second-order valence-electron chi connectivity index (χ2n) is 4.39. The molecule has 0 atom stereocenters. The summed E-state index contributed by atoms with van der Waals surface area (Å²) in [6.07, 6.45) is -1.93. The van der Waals surface area contributed by atoms with Crippen LogP contribution in [-0.4, -0.2) is 37.4 Å². The normalized spacial score (nSPS) is 14.7. The summed E-state index contributed by atoms with van der Waals surface area (Å²) in [5.74, 6) is -0.602. The van der Waals surface area contributed by atoms with Gasteiger partial charge in [0.05, 0.1) is 13.5 Å². The highest BCUT2D eigenvalue weighted by Gasteiger charge is 2.31. The Hall–Kier alpha value is -1.92. The molecule has 22 heavy (non-hydrogen) atoms. The second kappa shape index (κ2) is 9.17. The highest BCUT2D eigenvalue weighted by Crippen LogP contribution is 2.25. The van der Waals surface area contributed by atoms with Gasteiger partial charge in [0.15, 0.2) is 0 Å². The molecule has 1 rings (SSSR count). The number of rotatable bonds is 6. The number of methoxy groups -OCH3 is 1. The van der Waals surface area contributed by atoms with E-state index in [0.717, 1.165) is 6.08 Å². The van der Waals surface area contributed by atoms with Gasteiger partial charge in [-0.2, -0.15) is 0 Å². The SMILES string of the molecule is C=C(/C=C\C(=C)N1CC(CC(=O)OC)C1)OC(F)(F)F.CC. The lowest BCUT2D eigenvalue weighted by Crippen LogP contribution is -2.46. The number of carbonyl (C=O) groups is 1. The summed E-state index contributed by atoms with van der Waals surface area (Å²) in [7, 11) is 1.33. The molecule has 7 heteroatoms. The standard InChI is InChI=1S/C13H16F3NO3.C2H6/c1-9(4-5-10(2)20-13(14,15)16)17-7-11(8-17)6-12(18)19-3;1-2/h4-5,11H,1-2,6-8H2,3H3;1-2H3/b5-4-;. The zero-order valence-electron chi connectivity index (χ0n) is 13.1. The van der Waals surface area contributed by atoms with E-state index in [1.54, 1.807) is 0 Å². The van der Waals surface area contributed by atoms with Gasteiger partial charge in [-0.25, -0.2) is 0 Å². The van der Waals surface area contributed by atoms with Gasteiger partial charge >= 0.3 is 12.3 Å². The Labute approximate surface area is 128 Å². The van der Waals surface area contributed by atoms with Gasteiger partial charge in [0, 0.05) is 24.7 Å². The van der Waals surface area contributed by atoms with Crippen molar-refractivity contribution >= 4 is 5.97 Å². The van der Waals surface area contributed by atoms with Gasteiger partial charge in [-0.1, -0.05) is 27.0 Å². The quantitative estimate of drug-likeness (QED) is 0.425. The molecule has 1 fully saturated rings. The lowest BCUT2D eigenvalue weighted by atomic mass is 9.96. The summed E-state index contributed by atoms with van der Waals surface area (Å²) < 4.78 is 43.8. The number of esters is 1. The van der Waals surface area contributed by atoms with Crippen molar-refractivity contribution in [2.75, 3.05) is 20.2 Å². The van der Waals surface area contributed by atoms with E-state index in [2.05, 4.69) is 22.6 Å². The van der Waals surface area contributed by atoms with Gasteiger partial charge in [-0.3, -0.25) is 4.79 Å². The van der Waals surface area contributed by atoms with Crippen molar-refractivity contribution < 1.29 is 27.4 Å². The average molecular weight is 321 g/mol. The molecule has 1 heterocycles. The number of ether oxygens (including phenoxy) is 2. The summed E-state index contributed by atoms with van der Waals surface area (Å²) >= 11 is 0. The van der Waals surface area contributed by atoms with Crippen LogP contribution in [0.5, 0.6) is 0 Å². The molecule has 0 aliphatic carbocycles. The van der Waals surface area contributed by atoms with Gasteiger partial charge < -0.3 is 14.4 Å². The average Bonchev–Trinajstić information content (AvgIpc) is 2.39. The van der Waals surface area contributed by atoms with Gasteiger partial charge in [-0.05, 0) is 12.2 Å². The molecule has 0 saturated carbocycles. The Morgan fingerprint density at radius 3 is 2.27 bits per heavy atom. The van der Waals surface area contributed by atoms with Crippen LogP contribution < -0.4 is 0 Å². The van der Waals surface area contributed by atoms with Crippen LogP contribution in [0.15, 0.2) is 36.8 Å². The van der Waals surface area contributed by atoms with E-state index < -0.39 is 12.1 Å².